The number of nitrogen functional groups attached to an aromatic ring is 1. The van der Waals surface area contributed by atoms with Gasteiger partial charge in [-0.25, -0.2) is 4.98 Å². The molecule has 0 bridgehead atoms. The summed E-state index contributed by atoms with van der Waals surface area (Å²) >= 11 is 0. The maximum atomic E-state index is 6.18. The Morgan fingerprint density at radius 1 is 1.16 bits per heavy atom. The van der Waals surface area contributed by atoms with E-state index in [1.807, 2.05) is 29.1 Å². The van der Waals surface area contributed by atoms with E-state index < -0.39 is 0 Å². The zero-order valence-electron chi connectivity index (χ0n) is 11.1. The number of methoxy groups -OCH3 is 2. The number of anilines is 1. The molecular formula is C14H17N3O2. The van der Waals surface area contributed by atoms with Crippen molar-refractivity contribution < 1.29 is 9.47 Å². The van der Waals surface area contributed by atoms with Gasteiger partial charge in [0.05, 0.1) is 20.5 Å². The minimum Gasteiger partial charge on any atom is -0.497 e. The summed E-state index contributed by atoms with van der Waals surface area (Å²) in [6.45, 7) is 0. The van der Waals surface area contributed by atoms with Crippen molar-refractivity contribution in [3.63, 3.8) is 0 Å². The molecule has 0 spiro atoms. The molecule has 0 aliphatic heterocycles. The van der Waals surface area contributed by atoms with Crippen molar-refractivity contribution >= 4 is 5.82 Å². The van der Waals surface area contributed by atoms with Gasteiger partial charge in [-0.3, -0.25) is 0 Å². The highest BCUT2D eigenvalue weighted by Gasteiger charge is 2.26. The minimum absolute atomic E-state index is 0.522. The maximum Gasteiger partial charge on any atom is 0.131 e. The Labute approximate surface area is 112 Å². The van der Waals surface area contributed by atoms with Crippen LogP contribution in [0.5, 0.6) is 11.5 Å². The van der Waals surface area contributed by atoms with Crippen LogP contribution in [0.4, 0.5) is 5.82 Å². The van der Waals surface area contributed by atoms with Crippen molar-refractivity contribution in [2.45, 2.75) is 18.9 Å². The fourth-order valence-corrected chi connectivity index (χ4v) is 2.18. The molecule has 0 amide bonds. The van der Waals surface area contributed by atoms with Crippen LogP contribution >= 0.6 is 0 Å². The number of rotatable bonds is 4. The summed E-state index contributed by atoms with van der Waals surface area (Å²) in [5.74, 6) is 2.17. The standard InChI is InChI=1S/C14H17N3O2/c1-18-11-5-9(6-12(7-11)19-2)13-14(15)17(8-16-13)10-3-4-10/h5-8,10H,3-4,15H2,1-2H3. The normalized spacial score (nSPS) is 14.4. The van der Waals surface area contributed by atoms with Gasteiger partial charge in [-0.05, 0) is 25.0 Å². The molecule has 5 heteroatoms. The third-order valence-electron chi connectivity index (χ3n) is 3.40. The van der Waals surface area contributed by atoms with Gasteiger partial charge < -0.3 is 19.8 Å². The summed E-state index contributed by atoms with van der Waals surface area (Å²) < 4.78 is 12.6. The molecule has 1 aliphatic rings. The lowest BCUT2D eigenvalue weighted by molar-refractivity contribution is 0.394. The minimum atomic E-state index is 0.522. The first-order valence-electron chi connectivity index (χ1n) is 6.28. The number of hydrogen-bond acceptors (Lipinski definition) is 4. The van der Waals surface area contributed by atoms with E-state index in [4.69, 9.17) is 15.2 Å². The number of hydrogen-bond donors (Lipinski definition) is 1. The van der Waals surface area contributed by atoms with E-state index in [-0.39, 0.29) is 0 Å². The van der Waals surface area contributed by atoms with E-state index in [0.717, 1.165) is 22.8 Å². The molecule has 5 nitrogen and oxygen atoms in total. The highest BCUT2D eigenvalue weighted by atomic mass is 16.5. The summed E-state index contributed by atoms with van der Waals surface area (Å²) in [4.78, 5) is 4.42. The van der Waals surface area contributed by atoms with Crippen LogP contribution in [-0.4, -0.2) is 23.8 Å². The largest absolute Gasteiger partial charge is 0.497 e. The zero-order valence-corrected chi connectivity index (χ0v) is 11.1. The first kappa shape index (κ1) is 11.9. The SMILES string of the molecule is COc1cc(OC)cc(-c2ncn(C3CC3)c2N)c1. The molecule has 0 atom stereocenters. The first-order chi connectivity index (χ1) is 9.22. The molecule has 0 unspecified atom stereocenters. The van der Waals surface area contributed by atoms with E-state index in [9.17, 15) is 0 Å². The van der Waals surface area contributed by atoms with Crippen molar-refractivity contribution in [1.29, 1.82) is 0 Å². The van der Waals surface area contributed by atoms with Crippen LogP contribution in [0.1, 0.15) is 18.9 Å². The molecule has 1 aromatic carbocycles. The van der Waals surface area contributed by atoms with Crippen LogP contribution in [0, 0.1) is 0 Å². The second kappa shape index (κ2) is 4.50. The average molecular weight is 259 g/mol. The Morgan fingerprint density at radius 3 is 2.32 bits per heavy atom. The van der Waals surface area contributed by atoms with Crippen molar-refractivity contribution in [3.05, 3.63) is 24.5 Å². The molecule has 0 saturated heterocycles. The molecule has 1 heterocycles. The van der Waals surface area contributed by atoms with E-state index in [1.165, 1.54) is 12.8 Å². The second-order valence-corrected chi connectivity index (χ2v) is 4.72. The van der Waals surface area contributed by atoms with Gasteiger partial charge in [-0.1, -0.05) is 0 Å². The van der Waals surface area contributed by atoms with Crippen molar-refractivity contribution in [1.82, 2.24) is 9.55 Å². The molecule has 1 aromatic heterocycles. The van der Waals surface area contributed by atoms with E-state index in [1.54, 1.807) is 14.2 Å². The fraction of sp³-hybridized carbons (Fsp3) is 0.357. The molecule has 19 heavy (non-hydrogen) atoms. The summed E-state index contributed by atoms with van der Waals surface area (Å²) in [6.07, 6.45) is 4.18. The fourth-order valence-electron chi connectivity index (χ4n) is 2.18. The molecular weight excluding hydrogens is 242 g/mol. The highest BCUT2D eigenvalue weighted by Crippen LogP contribution is 2.40. The Kier molecular flexibility index (Phi) is 2.81. The quantitative estimate of drug-likeness (QED) is 0.916. The van der Waals surface area contributed by atoms with E-state index >= 15 is 0 Å². The Morgan fingerprint density at radius 2 is 1.79 bits per heavy atom. The van der Waals surface area contributed by atoms with Gasteiger partial charge in [0, 0.05) is 17.7 Å². The number of imidazole rings is 1. The second-order valence-electron chi connectivity index (χ2n) is 4.72. The number of nitrogens with two attached hydrogens (primary N) is 1. The summed E-state index contributed by atoms with van der Waals surface area (Å²) in [5, 5.41) is 0. The topological polar surface area (TPSA) is 62.3 Å². The van der Waals surface area contributed by atoms with Gasteiger partial charge in [-0.2, -0.15) is 0 Å². The smallest absolute Gasteiger partial charge is 0.131 e. The van der Waals surface area contributed by atoms with Crippen LogP contribution in [0.15, 0.2) is 24.5 Å². The Bertz CT molecular complexity index is 580. The molecule has 1 saturated carbocycles. The first-order valence-corrected chi connectivity index (χ1v) is 6.28. The predicted octanol–water partition coefficient (Wildman–Crippen LogP) is 2.48. The van der Waals surface area contributed by atoms with Crippen molar-refractivity contribution in [2.75, 3.05) is 20.0 Å². The Hall–Kier alpha value is -2.17. The highest BCUT2D eigenvalue weighted by molar-refractivity contribution is 5.73. The van der Waals surface area contributed by atoms with Gasteiger partial charge in [0.15, 0.2) is 0 Å². The van der Waals surface area contributed by atoms with Gasteiger partial charge in [-0.15, -0.1) is 0 Å². The summed E-state index contributed by atoms with van der Waals surface area (Å²) in [7, 11) is 3.26. The molecule has 0 radical (unpaired) electrons. The van der Waals surface area contributed by atoms with Crippen molar-refractivity contribution in [2.24, 2.45) is 0 Å². The molecule has 2 N–H and O–H groups in total. The molecule has 100 valence electrons. The third kappa shape index (κ3) is 2.12. The lowest BCUT2D eigenvalue weighted by Gasteiger charge is -2.08. The van der Waals surface area contributed by atoms with Crippen LogP contribution in [0.3, 0.4) is 0 Å². The van der Waals surface area contributed by atoms with Gasteiger partial charge in [0.1, 0.15) is 23.0 Å². The monoisotopic (exact) mass is 259 g/mol. The number of nitrogens with zero attached hydrogens (tertiary/aromatic N) is 2. The average Bonchev–Trinajstić information content (AvgIpc) is 3.21. The third-order valence-corrected chi connectivity index (χ3v) is 3.40. The molecule has 1 fully saturated rings. The molecule has 2 aromatic rings. The lowest BCUT2D eigenvalue weighted by atomic mass is 10.1. The Balaban J connectivity index is 2.05. The number of benzene rings is 1. The molecule has 1 aliphatic carbocycles. The van der Waals surface area contributed by atoms with E-state index in [2.05, 4.69) is 4.98 Å². The van der Waals surface area contributed by atoms with Crippen LogP contribution < -0.4 is 15.2 Å². The van der Waals surface area contributed by atoms with Gasteiger partial charge in [0.2, 0.25) is 0 Å². The summed E-state index contributed by atoms with van der Waals surface area (Å²) in [5.41, 5.74) is 7.87. The van der Waals surface area contributed by atoms with Crippen molar-refractivity contribution in [3.8, 4) is 22.8 Å². The van der Waals surface area contributed by atoms with Gasteiger partial charge in [0.25, 0.3) is 0 Å². The van der Waals surface area contributed by atoms with Crippen LogP contribution in [-0.2, 0) is 0 Å². The zero-order chi connectivity index (χ0) is 13.4. The maximum absolute atomic E-state index is 6.18. The van der Waals surface area contributed by atoms with Crippen LogP contribution in [0.2, 0.25) is 0 Å². The number of aromatic nitrogens is 2. The van der Waals surface area contributed by atoms with Crippen LogP contribution in [0.25, 0.3) is 11.3 Å². The predicted molar refractivity (Wildman–Crippen MR) is 73.5 cm³/mol. The van der Waals surface area contributed by atoms with Gasteiger partial charge >= 0.3 is 0 Å². The molecule has 3 rings (SSSR count). The number of ether oxygens (including phenoxy) is 2. The summed E-state index contributed by atoms with van der Waals surface area (Å²) in [6, 6.07) is 6.18. The lowest BCUT2D eigenvalue weighted by Crippen LogP contribution is -1.99. The van der Waals surface area contributed by atoms with E-state index in [0.29, 0.717) is 11.9 Å².